The van der Waals surface area contributed by atoms with E-state index in [0.29, 0.717) is 5.11 Å². The molecular weight excluding hydrogens is 191 g/mol. The summed E-state index contributed by atoms with van der Waals surface area (Å²) in [5.41, 5.74) is 0. The molecule has 74 valence electrons. The van der Waals surface area contributed by atoms with Crippen LogP contribution in [0.1, 0.15) is 19.8 Å². The van der Waals surface area contributed by atoms with Gasteiger partial charge in [-0.15, -0.1) is 0 Å². The van der Waals surface area contributed by atoms with Crippen LogP contribution in [0, 0.1) is 0 Å². The summed E-state index contributed by atoms with van der Waals surface area (Å²) in [6.45, 7) is 1.52. The van der Waals surface area contributed by atoms with Crippen molar-refractivity contribution in [2.75, 3.05) is 13.2 Å². The molecule has 1 aliphatic rings. The maximum atomic E-state index is 12.0. The van der Waals surface area contributed by atoms with Gasteiger partial charge in [0.1, 0.15) is 12.7 Å². The quantitative estimate of drug-likeness (QED) is 0.689. The molecule has 1 aliphatic heterocycles. The second-order valence-corrected chi connectivity index (χ2v) is 3.36. The number of hydrogen-bond donors (Lipinski definition) is 1. The summed E-state index contributed by atoms with van der Waals surface area (Å²) in [5, 5.41) is 3.24. The average Bonchev–Trinajstić information content (AvgIpc) is 2.34. The van der Waals surface area contributed by atoms with Crippen molar-refractivity contribution in [1.29, 1.82) is 0 Å². The van der Waals surface area contributed by atoms with Gasteiger partial charge in [-0.2, -0.15) is 0 Å². The molecule has 0 aromatic carbocycles. The molecule has 0 aromatic rings. The van der Waals surface area contributed by atoms with Crippen molar-refractivity contribution in [2.24, 2.45) is 0 Å². The van der Waals surface area contributed by atoms with Crippen LogP contribution >= 0.6 is 12.2 Å². The van der Waals surface area contributed by atoms with Gasteiger partial charge in [0.2, 0.25) is 0 Å². The first-order valence-electron chi connectivity index (χ1n) is 4.38. The van der Waals surface area contributed by atoms with Crippen LogP contribution in [0.25, 0.3) is 0 Å². The van der Waals surface area contributed by atoms with Crippen molar-refractivity contribution in [3.05, 3.63) is 0 Å². The van der Waals surface area contributed by atoms with Crippen molar-refractivity contribution in [2.45, 2.75) is 25.8 Å². The number of amides is 1. The lowest BCUT2D eigenvalue weighted by molar-refractivity contribution is -0.127. The fourth-order valence-electron chi connectivity index (χ4n) is 1.36. The minimum atomic E-state index is -0.549. The number of nitrogens with zero attached hydrogens (tertiary/aromatic N) is 1. The average molecular weight is 204 g/mol. The lowest BCUT2D eigenvalue weighted by Crippen LogP contribution is -2.33. The number of alkyl halides is 1. The van der Waals surface area contributed by atoms with Crippen LogP contribution < -0.4 is 5.32 Å². The zero-order valence-corrected chi connectivity index (χ0v) is 8.36. The first-order chi connectivity index (χ1) is 6.20. The fourth-order valence-corrected chi connectivity index (χ4v) is 1.68. The summed E-state index contributed by atoms with van der Waals surface area (Å²) in [6.07, 6.45) is 1.66. The first kappa shape index (κ1) is 10.4. The Balaban J connectivity index is 2.58. The van der Waals surface area contributed by atoms with Gasteiger partial charge < -0.3 is 5.32 Å². The molecule has 5 heteroatoms. The third-order valence-corrected chi connectivity index (χ3v) is 2.33. The van der Waals surface area contributed by atoms with Gasteiger partial charge in [-0.05, 0) is 18.6 Å². The molecule has 0 spiro atoms. The SMILES string of the molecule is CCCC1NC(=S)N(CCF)C1=O. The van der Waals surface area contributed by atoms with Crippen molar-refractivity contribution in [1.82, 2.24) is 10.2 Å². The number of thiocarbonyl (C=S) groups is 1. The van der Waals surface area contributed by atoms with Crippen LogP contribution in [0.3, 0.4) is 0 Å². The molecule has 1 heterocycles. The van der Waals surface area contributed by atoms with E-state index in [1.165, 1.54) is 4.90 Å². The Morgan fingerprint density at radius 1 is 1.69 bits per heavy atom. The predicted molar refractivity (Wildman–Crippen MR) is 52.1 cm³/mol. The Kier molecular flexibility index (Phi) is 3.59. The number of nitrogens with one attached hydrogen (secondary N) is 1. The molecule has 1 amide bonds. The van der Waals surface area contributed by atoms with Gasteiger partial charge in [0.25, 0.3) is 5.91 Å². The molecular formula is C8H13FN2OS. The molecule has 0 bridgehead atoms. The second kappa shape index (κ2) is 4.50. The van der Waals surface area contributed by atoms with Crippen LogP contribution in [-0.4, -0.2) is 35.2 Å². The minimum absolute atomic E-state index is 0.0743. The van der Waals surface area contributed by atoms with Gasteiger partial charge >= 0.3 is 0 Å². The lowest BCUT2D eigenvalue weighted by Gasteiger charge is -2.11. The van der Waals surface area contributed by atoms with Crippen LogP contribution in [0.2, 0.25) is 0 Å². The van der Waals surface area contributed by atoms with Crippen LogP contribution in [0.5, 0.6) is 0 Å². The lowest BCUT2D eigenvalue weighted by atomic mass is 10.2. The number of hydrogen-bond acceptors (Lipinski definition) is 2. The molecule has 0 aromatic heterocycles. The smallest absolute Gasteiger partial charge is 0.251 e. The molecule has 1 N–H and O–H groups in total. The van der Waals surface area contributed by atoms with Crippen molar-refractivity contribution >= 4 is 23.2 Å². The Bertz CT molecular complexity index is 222. The summed E-state index contributed by atoms with van der Waals surface area (Å²) in [6, 6.07) is -0.232. The summed E-state index contributed by atoms with van der Waals surface area (Å²) in [4.78, 5) is 12.8. The van der Waals surface area contributed by atoms with E-state index in [1.807, 2.05) is 6.92 Å². The summed E-state index contributed by atoms with van der Waals surface area (Å²) >= 11 is 4.90. The van der Waals surface area contributed by atoms with E-state index in [4.69, 9.17) is 12.2 Å². The van der Waals surface area contributed by atoms with E-state index >= 15 is 0 Å². The first-order valence-corrected chi connectivity index (χ1v) is 4.79. The highest BCUT2D eigenvalue weighted by atomic mass is 32.1. The molecule has 1 fully saturated rings. The molecule has 0 radical (unpaired) electrons. The van der Waals surface area contributed by atoms with Gasteiger partial charge in [-0.3, -0.25) is 9.69 Å². The molecule has 1 atom stereocenters. The van der Waals surface area contributed by atoms with E-state index in [1.54, 1.807) is 0 Å². The monoisotopic (exact) mass is 204 g/mol. The highest BCUT2D eigenvalue weighted by Crippen LogP contribution is 2.10. The van der Waals surface area contributed by atoms with Crippen LogP contribution in [0.15, 0.2) is 0 Å². The summed E-state index contributed by atoms with van der Waals surface area (Å²) < 4.78 is 12.0. The minimum Gasteiger partial charge on any atom is -0.350 e. The Morgan fingerprint density at radius 3 is 2.92 bits per heavy atom. The Labute approximate surface area is 82.3 Å². The number of carbonyl (C=O) groups excluding carboxylic acids is 1. The standard InChI is InChI=1S/C8H13FN2OS/c1-2-3-6-7(12)11(5-4-9)8(13)10-6/h6H,2-5H2,1H3,(H,10,13). The number of rotatable bonds is 4. The zero-order valence-electron chi connectivity index (χ0n) is 7.55. The van der Waals surface area contributed by atoms with Gasteiger partial charge in [-0.1, -0.05) is 13.3 Å². The third-order valence-electron chi connectivity index (χ3n) is 1.99. The molecule has 1 unspecified atom stereocenters. The van der Waals surface area contributed by atoms with E-state index in [0.717, 1.165) is 12.8 Å². The molecule has 1 saturated heterocycles. The van der Waals surface area contributed by atoms with Gasteiger partial charge in [0, 0.05) is 0 Å². The zero-order chi connectivity index (χ0) is 9.84. The highest BCUT2D eigenvalue weighted by Gasteiger charge is 2.33. The molecule has 1 rings (SSSR count). The number of carbonyl (C=O) groups is 1. The Hall–Kier alpha value is -0.710. The second-order valence-electron chi connectivity index (χ2n) is 2.97. The van der Waals surface area contributed by atoms with Crippen molar-refractivity contribution < 1.29 is 9.18 Å². The Morgan fingerprint density at radius 2 is 2.38 bits per heavy atom. The van der Waals surface area contributed by atoms with Crippen LogP contribution in [0.4, 0.5) is 4.39 Å². The van der Waals surface area contributed by atoms with Crippen molar-refractivity contribution in [3.63, 3.8) is 0 Å². The molecule has 13 heavy (non-hydrogen) atoms. The maximum Gasteiger partial charge on any atom is 0.251 e. The van der Waals surface area contributed by atoms with Crippen LogP contribution in [-0.2, 0) is 4.79 Å². The normalized spacial score (nSPS) is 22.3. The number of halogens is 1. The highest BCUT2D eigenvalue weighted by molar-refractivity contribution is 7.80. The van der Waals surface area contributed by atoms with Crippen molar-refractivity contribution in [3.8, 4) is 0 Å². The largest absolute Gasteiger partial charge is 0.350 e. The van der Waals surface area contributed by atoms with E-state index < -0.39 is 6.67 Å². The molecule has 0 saturated carbocycles. The van der Waals surface area contributed by atoms with E-state index in [2.05, 4.69) is 5.32 Å². The maximum absolute atomic E-state index is 12.0. The van der Waals surface area contributed by atoms with Gasteiger partial charge in [-0.25, -0.2) is 4.39 Å². The van der Waals surface area contributed by atoms with E-state index in [9.17, 15) is 9.18 Å². The summed E-state index contributed by atoms with van der Waals surface area (Å²) in [5.74, 6) is -0.0931. The third kappa shape index (κ3) is 2.15. The summed E-state index contributed by atoms with van der Waals surface area (Å²) in [7, 11) is 0. The molecule has 0 aliphatic carbocycles. The van der Waals surface area contributed by atoms with Gasteiger partial charge in [0.05, 0.1) is 6.54 Å². The predicted octanol–water partition coefficient (Wildman–Crippen LogP) is 0.841. The van der Waals surface area contributed by atoms with E-state index in [-0.39, 0.29) is 18.5 Å². The topological polar surface area (TPSA) is 32.3 Å². The molecule has 3 nitrogen and oxygen atoms in total. The van der Waals surface area contributed by atoms with Gasteiger partial charge in [0.15, 0.2) is 5.11 Å². The fraction of sp³-hybridized carbons (Fsp3) is 0.750.